The number of aliphatic hydroxyl groups excluding tert-OH is 1. The zero-order valence-corrected chi connectivity index (χ0v) is 7.97. The Labute approximate surface area is 86.3 Å². The molecule has 0 saturated heterocycles. The minimum absolute atomic E-state index is 0.0251. The van der Waals surface area contributed by atoms with Gasteiger partial charge >= 0.3 is 0 Å². The van der Waals surface area contributed by atoms with Crippen LogP contribution in [-0.2, 0) is 4.79 Å². The van der Waals surface area contributed by atoms with Crippen LogP contribution in [0, 0.1) is 0 Å². The Balaban J connectivity index is 2.26. The number of carbonyl (C=O) groups excluding carboxylic acids is 1. The minimum atomic E-state index is -0.286. The van der Waals surface area contributed by atoms with Crippen molar-refractivity contribution < 1.29 is 9.90 Å². The van der Waals surface area contributed by atoms with E-state index in [4.69, 9.17) is 5.11 Å². The molecule has 0 aromatic carbocycles. The third-order valence-corrected chi connectivity index (χ3v) is 1.39. The molecule has 1 heterocycles. The van der Waals surface area contributed by atoms with Gasteiger partial charge in [0.15, 0.2) is 0 Å². The molecule has 0 aliphatic rings. The van der Waals surface area contributed by atoms with Crippen LogP contribution in [0.1, 0.15) is 0 Å². The molecule has 7 nitrogen and oxygen atoms in total. The molecular formula is C8H11N5O2. The average Bonchev–Trinajstić information content (AvgIpc) is 2.25. The van der Waals surface area contributed by atoms with Gasteiger partial charge in [0.2, 0.25) is 11.9 Å². The normalized spacial score (nSPS) is 9.33. The summed E-state index contributed by atoms with van der Waals surface area (Å²) in [6, 6.07) is 0. The second kappa shape index (κ2) is 5.53. The van der Waals surface area contributed by atoms with Crippen molar-refractivity contribution in [3.63, 3.8) is 0 Å². The van der Waals surface area contributed by atoms with Crippen molar-refractivity contribution in [1.29, 1.82) is 0 Å². The Kier molecular flexibility index (Phi) is 4.02. The van der Waals surface area contributed by atoms with Crippen LogP contribution >= 0.6 is 0 Å². The molecule has 0 fully saturated rings. The fraction of sp³-hybridized carbons (Fsp3) is 0.250. The molecule has 0 aliphatic heterocycles. The Morgan fingerprint density at radius 1 is 1.40 bits per heavy atom. The third-order valence-electron chi connectivity index (χ3n) is 1.39. The van der Waals surface area contributed by atoms with E-state index in [-0.39, 0.29) is 24.8 Å². The number of carbonyl (C=O) groups is 1. The van der Waals surface area contributed by atoms with Crippen molar-refractivity contribution in [3.8, 4) is 0 Å². The van der Waals surface area contributed by atoms with Crippen molar-refractivity contribution in [3.05, 3.63) is 25.0 Å². The van der Waals surface area contributed by atoms with Crippen LogP contribution in [0.2, 0.25) is 0 Å². The fourth-order valence-corrected chi connectivity index (χ4v) is 0.753. The highest BCUT2D eigenvalue weighted by atomic mass is 16.3. The van der Waals surface area contributed by atoms with E-state index in [1.807, 2.05) is 0 Å². The van der Waals surface area contributed by atoms with Crippen LogP contribution in [0.5, 0.6) is 0 Å². The Hall–Kier alpha value is -2.18. The summed E-state index contributed by atoms with van der Waals surface area (Å²) in [5.74, 6) is -0.0582. The molecule has 0 bridgehead atoms. The maximum Gasteiger partial charge on any atom is 0.239 e. The van der Waals surface area contributed by atoms with Crippen LogP contribution in [0.25, 0.3) is 0 Å². The molecule has 0 spiro atoms. The lowest BCUT2D eigenvalue weighted by Crippen LogP contribution is -2.31. The lowest BCUT2D eigenvalue weighted by Gasteiger charge is -2.04. The number of anilines is 1. The molecule has 1 amide bonds. The molecule has 15 heavy (non-hydrogen) atoms. The van der Waals surface area contributed by atoms with E-state index in [9.17, 15) is 4.79 Å². The monoisotopic (exact) mass is 209 g/mol. The molecule has 0 unspecified atom stereocenters. The highest BCUT2D eigenvalue weighted by Crippen LogP contribution is 1.90. The third kappa shape index (κ3) is 4.55. The standard InChI is InChI=1S/C8H11N5O2/c1-6(14)2-10-7(15)3-11-8-12-4-9-5-13-8/h4-5,14H,1-3H2,(H,10,15)(H,9,11,12,13). The van der Waals surface area contributed by atoms with Crippen molar-refractivity contribution in [1.82, 2.24) is 20.3 Å². The second-order valence-electron chi connectivity index (χ2n) is 2.66. The molecule has 0 atom stereocenters. The molecule has 1 rings (SSSR count). The number of aliphatic hydroxyl groups is 1. The maximum absolute atomic E-state index is 11.1. The number of aromatic nitrogens is 3. The molecule has 1 aromatic heterocycles. The van der Waals surface area contributed by atoms with Gasteiger partial charge in [-0.2, -0.15) is 0 Å². The Morgan fingerprint density at radius 2 is 2.07 bits per heavy atom. The van der Waals surface area contributed by atoms with Crippen molar-refractivity contribution in [2.45, 2.75) is 0 Å². The number of hydrogen-bond donors (Lipinski definition) is 3. The largest absolute Gasteiger partial charge is 0.511 e. The summed E-state index contributed by atoms with van der Waals surface area (Å²) in [6.07, 6.45) is 2.64. The highest BCUT2D eigenvalue weighted by Gasteiger charge is 2.01. The van der Waals surface area contributed by atoms with Gasteiger partial charge in [0, 0.05) is 0 Å². The van der Waals surface area contributed by atoms with Crippen LogP contribution in [0.3, 0.4) is 0 Å². The smallest absolute Gasteiger partial charge is 0.239 e. The number of amides is 1. The van der Waals surface area contributed by atoms with Gasteiger partial charge in [0.1, 0.15) is 18.4 Å². The molecule has 0 saturated carbocycles. The fourth-order valence-electron chi connectivity index (χ4n) is 0.753. The van der Waals surface area contributed by atoms with Gasteiger partial charge < -0.3 is 15.7 Å². The lowest BCUT2D eigenvalue weighted by molar-refractivity contribution is -0.119. The first kappa shape index (κ1) is 10.9. The van der Waals surface area contributed by atoms with E-state index in [1.54, 1.807) is 0 Å². The van der Waals surface area contributed by atoms with Crippen LogP contribution in [0.15, 0.2) is 25.0 Å². The first-order chi connectivity index (χ1) is 7.18. The molecular weight excluding hydrogens is 198 g/mol. The lowest BCUT2D eigenvalue weighted by atomic mass is 10.5. The van der Waals surface area contributed by atoms with Crippen LogP contribution in [-0.4, -0.2) is 39.1 Å². The van der Waals surface area contributed by atoms with Gasteiger partial charge in [-0.25, -0.2) is 15.0 Å². The Morgan fingerprint density at radius 3 is 2.67 bits per heavy atom. The van der Waals surface area contributed by atoms with E-state index >= 15 is 0 Å². The number of nitrogens with one attached hydrogen (secondary N) is 2. The summed E-state index contributed by atoms with van der Waals surface area (Å²) in [6.45, 7) is 3.30. The zero-order valence-electron chi connectivity index (χ0n) is 7.97. The summed E-state index contributed by atoms with van der Waals surface area (Å²) < 4.78 is 0. The summed E-state index contributed by atoms with van der Waals surface area (Å²) in [4.78, 5) is 22.3. The molecule has 1 aromatic rings. The predicted molar refractivity (Wildman–Crippen MR) is 53.1 cm³/mol. The minimum Gasteiger partial charge on any atom is -0.511 e. The topological polar surface area (TPSA) is 100 Å². The summed E-state index contributed by atoms with van der Waals surface area (Å²) in [5.41, 5.74) is 0. The van der Waals surface area contributed by atoms with E-state index in [1.165, 1.54) is 12.7 Å². The first-order valence-corrected chi connectivity index (χ1v) is 4.18. The average molecular weight is 209 g/mol. The quantitative estimate of drug-likeness (QED) is 0.564. The van der Waals surface area contributed by atoms with E-state index < -0.39 is 0 Å². The van der Waals surface area contributed by atoms with Crippen molar-refractivity contribution >= 4 is 11.9 Å². The molecule has 80 valence electrons. The summed E-state index contributed by atoms with van der Waals surface area (Å²) in [5, 5.41) is 13.8. The van der Waals surface area contributed by atoms with Gasteiger partial charge in [-0.3, -0.25) is 4.79 Å². The van der Waals surface area contributed by atoms with Gasteiger partial charge in [-0.05, 0) is 0 Å². The van der Waals surface area contributed by atoms with Crippen LogP contribution < -0.4 is 10.6 Å². The van der Waals surface area contributed by atoms with Gasteiger partial charge in [-0.15, -0.1) is 0 Å². The summed E-state index contributed by atoms with van der Waals surface area (Å²) >= 11 is 0. The SMILES string of the molecule is C=C(O)CNC(=O)CNc1ncncn1. The predicted octanol–water partition coefficient (Wildman–Crippen LogP) is -0.529. The number of nitrogens with zero attached hydrogens (tertiary/aromatic N) is 3. The molecule has 0 radical (unpaired) electrons. The molecule has 0 aliphatic carbocycles. The van der Waals surface area contributed by atoms with Gasteiger partial charge in [0.25, 0.3) is 0 Å². The van der Waals surface area contributed by atoms with Crippen LogP contribution in [0.4, 0.5) is 5.95 Å². The number of rotatable bonds is 5. The number of hydrogen-bond acceptors (Lipinski definition) is 6. The van der Waals surface area contributed by atoms with Crippen molar-refractivity contribution in [2.24, 2.45) is 0 Å². The molecule has 3 N–H and O–H groups in total. The summed E-state index contributed by atoms with van der Waals surface area (Å²) in [7, 11) is 0. The molecule has 7 heteroatoms. The van der Waals surface area contributed by atoms with Gasteiger partial charge in [-0.1, -0.05) is 6.58 Å². The first-order valence-electron chi connectivity index (χ1n) is 4.18. The van der Waals surface area contributed by atoms with E-state index in [2.05, 4.69) is 32.2 Å². The van der Waals surface area contributed by atoms with E-state index in [0.717, 1.165) is 0 Å². The second-order valence-corrected chi connectivity index (χ2v) is 2.66. The van der Waals surface area contributed by atoms with Crippen molar-refractivity contribution in [2.75, 3.05) is 18.4 Å². The Bertz CT molecular complexity index is 340. The van der Waals surface area contributed by atoms with Gasteiger partial charge in [0.05, 0.1) is 13.1 Å². The maximum atomic E-state index is 11.1. The highest BCUT2D eigenvalue weighted by molar-refractivity contribution is 5.80. The van der Waals surface area contributed by atoms with E-state index in [0.29, 0.717) is 5.95 Å². The zero-order chi connectivity index (χ0) is 11.1.